The van der Waals surface area contributed by atoms with Crippen LogP contribution in [0.5, 0.6) is 5.75 Å². The van der Waals surface area contributed by atoms with Gasteiger partial charge < -0.3 is 14.6 Å². The Morgan fingerprint density at radius 3 is 2.89 bits per heavy atom. The fourth-order valence-electron chi connectivity index (χ4n) is 1.63. The Bertz CT molecular complexity index is 512. The van der Waals surface area contributed by atoms with Crippen LogP contribution in [-0.4, -0.2) is 11.2 Å². The highest BCUT2D eigenvalue weighted by molar-refractivity contribution is 5.35. The maximum Gasteiger partial charge on any atom is 0.174 e. The Morgan fingerprint density at radius 2 is 2.21 bits per heavy atom. The molecule has 2 aromatic rings. The molecule has 1 aromatic heterocycles. The number of nitrogens with zero attached hydrogens (tertiary/aromatic N) is 1. The molecular weight excluding hydrogens is 247 g/mol. The zero-order chi connectivity index (χ0) is 13.7. The van der Waals surface area contributed by atoms with Crippen molar-refractivity contribution >= 4 is 0 Å². The van der Waals surface area contributed by atoms with Crippen molar-refractivity contribution in [3.05, 3.63) is 47.6 Å². The fraction of sp³-hybridized carbons (Fsp3) is 0.357. The first-order valence-corrected chi connectivity index (χ1v) is 6.20. The van der Waals surface area contributed by atoms with Gasteiger partial charge in [-0.25, -0.2) is 4.39 Å². The molecule has 1 heterocycles. The quantitative estimate of drug-likeness (QED) is 0.871. The van der Waals surface area contributed by atoms with Crippen LogP contribution in [-0.2, 0) is 13.2 Å². The number of aromatic nitrogens is 1. The monoisotopic (exact) mass is 264 g/mol. The van der Waals surface area contributed by atoms with Crippen molar-refractivity contribution in [2.45, 2.75) is 33.0 Å². The minimum absolute atomic E-state index is 0.162. The minimum Gasteiger partial charge on any atom is -0.482 e. The largest absolute Gasteiger partial charge is 0.482 e. The Balaban J connectivity index is 2.08. The van der Waals surface area contributed by atoms with E-state index in [4.69, 9.17) is 9.26 Å². The van der Waals surface area contributed by atoms with Crippen LogP contribution >= 0.6 is 0 Å². The average Bonchev–Trinajstić information content (AvgIpc) is 2.88. The number of para-hydroxylation sites is 1. The van der Waals surface area contributed by atoms with E-state index in [0.29, 0.717) is 18.3 Å². The van der Waals surface area contributed by atoms with Gasteiger partial charge in [-0.1, -0.05) is 31.1 Å². The maximum absolute atomic E-state index is 13.8. The number of benzene rings is 1. The van der Waals surface area contributed by atoms with Crippen LogP contribution in [0.15, 0.2) is 35.0 Å². The number of hydrogen-bond acceptors (Lipinski definition) is 4. The van der Waals surface area contributed by atoms with E-state index in [2.05, 4.69) is 10.5 Å². The molecule has 0 fully saturated rings. The first kappa shape index (κ1) is 13.5. The second-order valence-corrected chi connectivity index (χ2v) is 4.53. The predicted molar refractivity (Wildman–Crippen MR) is 69.2 cm³/mol. The lowest BCUT2D eigenvalue weighted by Crippen LogP contribution is -2.22. The summed E-state index contributed by atoms with van der Waals surface area (Å²) in [5.74, 6) is 0.445. The van der Waals surface area contributed by atoms with Gasteiger partial charge in [-0.05, 0) is 6.07 Å². The molecule has 0 saturated heterocycles. The third-order valence-corrected chi connectivity index (χ3v) is 2.60. The van der Waals surface area contributed by atoms with E-state index in [-0.39, 0.29) is 18.2 Å². The Kier molecular flexibility index (Phi) is 4.52. The summed E-state index contributed by atoms with van der Waals surface area (Å²) in [5, 5.41) is 6.82. The van der Waals surface area contributed by atoms with Gasteiger partial charge in [0.1, 0.15) is 6.61 Å². The van der Waals surface area contributed by atoms with E-state index in [9.17, 15) is 4.39 Å². The molecule has 19 heavy (non-hydrogen) atoms. The van der Waals surface area contributed by atoms with Gasteiger partial charge in [0, 0.05) is 24.2 Å². The van der Waals surface area contributed by atoms with Gasteiger partial charge in [-0.2, -0.15) is 0 Å². The standard InChI is InChI=1S/C14H17FN2O2/c1-10(2)16-8-11-4-3-5-13(15)14(11)18-9-12-6-7-17-19-12/h3-7,10,16H,8-9H2,1-2H3. The molecule has 0 bridgehead atoms. The van der Waals surface area contributed by atoms with Crippen molar-refractivity contribution in [3.63, 3.8) is 0 Å². The molecule has 0 aliphatic rings. The van der Waals surface area contributed by atoms with E-state index in [1.54, 1.807) is 12.1 Å². The lowest BCUT2D eigenvalue weighted by molar-refractivity contribution is 0.237. The molecule has 0 aliphatic heterocycles. The van der Waals surface area contributed by atoms with Crippen LogP contribution in [0.2, 0.25) is 0 Å². The molecule has 2 rings (SSSR count). The highest BCUT2D eigenvalue weighted by Gasteiger charge is 2.11. The van der Waals surface area contributed by atoms with Crippen LogP contribution < -0.4 is 10.1 Å². The zero-order valence-electron chi connectivity index (χ0n) is 11.0. The average molecular weight is 264 g/mol. The Hall–Kier alpha value is -1.88. The molecule has 1 N–H and O–H groups in total. The summed E-state index contributed by atoms with van der Waals surface area (Å²) in [6, 6.07) is 6.91. The number of halogens is 1. The SMILES string of the molecule is CC(C)NCc1cccc(F)c1OCc1ccno1. The van der Waals surface area contributed by atoms with E-state index in [1.165, 1.54) is 12.3 Å². The third kappa shape index (κ3) is 3.79. The molecule has 0 spiro atoms. The number of hydrogen-bond donors (Lipinski definition) is 1. The number of ether oxygens (including phenoxy) is 1. The molecular formula is C14H17FN2O2. The van der Waals surface area contributed by atoms with Gasteiger partial charge in [-0.15, -0.1) is 0 Å². The van der Waals surface area contributed by atoms with E-state index in [0.717, 1.165) is 5.56 Å². The number of rotatable bonds is 6. The van der Waals surface area contributed by atoms with Crippen LogP contribution in [0.25, 0.3) is 0 Å². The maximum atomic E-state index is 13.8. The lowest BCUT2D eigenvalue weighted by atomic mass is 10.2. The third-order valence-electron chi connectivity index (χ3n) is 2.60. The normalized spacial score (nSPS) is 10.9. The summed E-state index contributed by atoms with van der Waals surface area (Å²) in [5.41, 5.74) is 0.785. The van der Waals surface area contributed by atoms with Crippen LogP contribution in [0.4, 0.5) is 4.39 Å². The first-order valence-electron chi connectivity index (χ1n) is 6.20. The minimum atomic E-state index is -0.373. The summed E-state index contributed by atoms with van der Waals surface area (Å²) < 4.78 is 24.2. The summed E-state index contributed by atoms with van der Waals surface area (Å²) in [4.78, 5) is 0. The van der Waals surface area contributed by atoms with Gasteiger partial charge in [0.2, 0.25) is 0 Å². The number of nitrogens with one attached hydrogen (secondary N) is 1. The molecule has 0 radical (unpaired) electrons. The van der Waals surface area contributed by atoms with Gasteiger partial charge in [-0.3, -0.25) is 0 Å². The summed E-state index contributed by atoms with van der Waals surface area (Å²) in [6.45, 7) is 4.79. The zero-order valence-corrected chi connectivity index (χ0v) is 11.0. The molecule has 0 saturated carbocycles. The predicted octanol–water partition coefficient (Wildman–Crippen LogP) is 2.89. The summed E-state index contributed by atoms with van der Waals surface area (Å²) >= 11 is 0. The van der Waals surface area contributed by atoms with Gasteiger partial charge in [0.05, 0.1) is 6.20 Å². The Morgan fingerprint density at radius 1 is 1.37 bits per heavy atom. The summed E-state index contributed by atoms with van der Waals surface area (Å²) in [7, 11) is 0. The topological polar surface area (TPSA) is 47.3 Å². The van der Waals surface area contributed by atoms with Crippen LogP contribution in [0.3, 0.4) is 0 Å². The Labute approximate surface area is 111 Å². The molecule has 0 unspecified atom stereocenters. The van der Waals surface area contributed by atoms with E-state index >= 15 is 0 Å². The van der Waals surface area contributed by atoms with Gasteiger partial charge in [0.25, 0.3) is 0 Å². The van der Waals surface area contributed by atoms with Gasteiger partial charge in [0.15, 0.2) is 17.3 Å². The fourth-order valence-corrected chi connectivity index (χ4v) is 1.63. The van der Waals surface area contributed by atoms with Crippen LogP contribution in [0, 0.1) is 5.82 Å². The van der Waals surface area contributed by atoms with Crippen LogP contribution in [0.1, 0.15) is 25.2 Å². The van der Waals surface area contributed by atoms with Crippen molar-refractivity contribution in [2.75, 3.05) is 0 Å². The van der Waals surface area contributed by atoms with Crippen molar-refractivity contribution < 1.29 is 13.7 Å². The van der Waals surface area contributed by atoms with Crippen molar-refractivity contribution in [2.24, 2.45) is 0 Å². The second-order valence-electron chi connectivity index (χ2n) is 4.53. The van der Waals surface area contributed by atoms with Crippen molar-refractivity contribution in [1.82, 2.24) is 10.5 Å². The highest BCUT2D eigenvalue weighted by Crippen LogP contribution is 2.23. The van der Waals surface area contributed by atoms with Crippen molar-refractivity contribution in [1.29, 1.82) is 0 Å². The van der Waals surface area contributed by atoms with Crippen molar-refractivity contribution in [3.8, 4) is 5.75 Å². The molecule has 0 aliphatic carbocycles. The smallest absolute Gasteiger partial charge is 0.174 e. The van der Waals surface area contributed by atoms with Gasteiger partial charge >= 0.3 is 0 Å². The molecule has 0 atom stereocenters. The van der Waals surface area contributed by atoms with E-state index in [1.807, 2.05) is 19.9 Å². The summed E-state index contributed by atoms with van der Waals surface area (Å²) in [6.07, 6.45) is 1.53. The first-order chi connectivity index (χ1) is 9.16. The molecule has 102 valence electrons. The molecule has 1 aromatic carbocycles. The van der Waals surface area contributed by atoms with E-state index < -0.39 is 0 Å². The molecule has 5 heteroatoms. The highest BCUT2D eigenvalue weighted by atomic mass is 19.1. The second kappa shape index (κ2) is 6.33. The molecule has 0 amide bonds. The lowest BCUT2D eigenvalue weighted by Gasteiger charge is -2.13. The molecule has 4 nitrogen and oxygen atoms in total.